The predicted octanol–water partition coefficient (Wildman–Crippen LogP) is 3.67. The van der Waals surface area contributed by atoms with E-state index in [1.54, 1.807) is 30.3 Å². The number of rotatable bonds is 4. The van der Waals surface area contributed by atoms with Crippen LogP contribution in [0.2, 0.25) is 10.0 Å². The minimum atomic E-state index is -3.23. The first-order valence-corrected chi connectivity index (χ1v) is 8.84. The summed E-state index contributed by atoms with van der Waals surface area (Å²) in [5, 5.41) is 11.1. The van der Waals surface area contributed by atoms with Crippen LogP contribution in [0.1, 0.15) is 17.2 Å². The molecular formula is C15H14Cl2O3S. The van der Waals surface area contributed by atoms with Gasteiger partial charge in [-0.15, -0.1) is 0 Å². The van der Waals surface area contributed by atoms with Crippen LogP contribution in [-0.2, 0) is 16.3 Å². The Labute approximate surface area is 134 Å². The van der Waals surface area contributed by atoms with Gasteiger partial charge in [0.05, 0.1) is 21.0 Å². The van der Waals surface area contributed by atoms with E-state index in [0.717, 1.165) is 11.8 Å². The van der Waals surface area contributed by atoms with E-state index in [0.29, 0.717) is 22.0 Å². The van der Waals surface area contributed by atoms with E-state index >= 15 is 0 Å². The minimum Gasteiger partial charge on any atom is -0.388 e. The molecule has 0 amide bonds. The summed E-state index contributed by atoms with van der Waals surface area (Å²) in [6.07, 6.45) is 0.777. The van der Waals surface area contributed by atoms with E-state index in [9.17, 15) is 13.5 Å². The van der Waals surface area contributed by atoms with Crippen molar-refractivity contribution in [3.8, 4) is 0 Å². The number of benzene rings is 2. The summed E-state index contributed by atoms with van der Waals surface area (Å²) >= 11 is 11.8. The van der Waals surface area contributed by atoms with Gasteiger partial charge in [0.1, 0.15) is 0 Å². The molecule has 0 aliphatic rings. The summed E-state index contributed by atoms with van der Waals surface area (Å²) < 4.78 is 22.8. The van der Waals surface area contributed by atoms with E-state index in [1.165, 1.54) is 12.1 Å². The van der Waals surface area contributed by atoms with Crippen molar-refractivity contribution in [2.75, 3.05) is 6.26 Å². The van der Waals surface area contributed by atoms with Crippen LogP contribution in [0, 0.1) is 0 Å². The SMILES string of the molecule is CS(=O)(=O)c1ccc(C(O)Cc2ccc(Cl)c(Cl)c2)cc1. The van der Waals surface area contributed by atoms with Gasteiger partial charge in [-0.25, -0.2) is 8.42 Å². The van der Waals surface area contributed by atoms with Gasteiger partial charge in [-0.1, -0.05) is 41.4 Å². The molecule has 1 atom stereocenters. The molecule has 0 aromatic heterocycles. The zero-order valence-electron chi connectivity index (χ0n) is 11.3. The predicted molar refractivity (Wildman–Crippen MR) is 84.7 cm³/mol. The van der Waals surface area contributed by atoms with Gasteiger partial charge in [-0.2, -0.15) is 0 Å². The topological polar surface area (TPSA) is 54.4 Å². The van der Waals surface area contributed by atoms with Gasteiger partial charge < -0.3 is 5.11 Å². The smallest absolute Gasteiger partial charge is 0.175 e. The van der Waals surface area contributed by atoms with Crippen LogP contribution >= 0.6 is 23.2 Å². The molecule has 112 valence electrons. The van der Waals surface area contributed by atoms with Crippen molar-refractivity contribution in [1.82, 2.24) is 0 Å². The van der Waals surface area contributed by atoms with Crippen LogP contribution in [0.15, 0.2) is 47.4 Å². The Morgan fingerprint density at radius 3 is 2.19 bits per heavy atom. The molecule has 0 bridgehead atoms. The molecule has 3 nitrogen and oxygen atoms in total. The maximum Gasteiger partial charge on any atom is 0.175 e. The standard InChI is InChI=1S/C15H14Cl2O3S/c1-21(19,20)12-5-3-11(4-6-12)15(18)9-10-2-7-13(16)14(17)8-10/h2-8,15,18H,9H2,1H3. The number of halogens is 2. The maximum atomic E-state index is 11.4. The lowest BCUT2D eigenvalue weighted by Gasteiger charge is -2.12. The van der Waals surface area contributed by atoms with E-state index in [2.05, 4.69) is 0 Å². The molecule has 6 heteroatoms. The second-order valence-corrected chi connectivity index (χ2v) is 7.64. The third kappa shape index (κ3) is 4.20. The zero-order chi connectivity index (χ0) is 15.6. The highest BCUT2D eigenvalue weighted by Crippen LogP contribution is 2.26. The molecule has 0 aliphatic heterocycles. The van der Waals surface area contributed by atoms with Gasteiger partial charge in [0, 0.05) is 12.7 Å². The summed E-state index contributed by atoms with van der Waals surface area (Å²) in [4.78, 5) is 0.230. The first-order chi connectivity index (χ1) is 9.77. The normalized spacial score (nSPS) is 13.1. The van der Waals surface area contributed by atoms with Crippen LogP contribution in [0.5, 0.6) is 0 Å². The Hall–Kier alpha value is -1.07. The number of hydrogen-bond acceptors (Lipinski definition) is 3. The molecule has 0 saturated heterocycles. The third-order valence-corrected chi connectivity index (χ3v) is 4.97. The largest absolute Gasteiger partial charge is 0.388 e. The highest BCUT2D eigenvalue weighted by molar-refractivity contribution is 7.90. The van der Waals surface area contributed by atoms with Gasteiger partial charge in [0.15, 0.2) is 9.84 Å². The van der Waals surface area contributed by atoms with Crippen molar-refractivity contribution in [2.24, 2.45) is 0 Å². The Balaban J connectivity index is 2.16. The number of sulfone groups is 1. The third-order valence-electron chi connectivity index (χ3n) is 3.11. The molecular weight excluding hydrogens is 331 g/mol. The van der Waals surface area contributed by atoms with Crippen molar-refractivity contribution in [3.05, 3.63) is 63.6 Å². The second-order valence-electron chi connectivity index (χ2n) is 4.81. The first kappa shape index (κ1) is 16.3. The molecule has 0 heterocycles. The average molecular weight is 345 g/mol. The molecule has 2 rings (SSSR count). The lowest BCUT2D eigenvalue weighted by atomic mass is 10.0. The number of aliphatic hydroxyl groups is 1. The molecule has 0 saturated carbocycles. The Kier molecular flexibility index (Phi) is 4.94. The molecule has 0 aliphatic carbocycles. The Morgan fingerprint density at radius 1 is 1.05 bits per heavy atom. The van der Waals surface area contributed by atoms with Crippen molar-refractivity contribution < 1.29 is 13.5 Å². The van der Waals surface area contributed by atoms with Crippen LogP contribution in [-0.4, -0.2) is 19.8 Å². The molecule has 1 unspecified atom stereocenters. The van der Waals surface area contributed by atoms with Crippen LogP contribution in [0.25, 0.3) is 0 Å². The Morgan fingerprint density at radius 2 is 1.67 bits per heavy atom. The van der Waals surface area contributed by atoms with Crippen LogP contribution in [0.4, 0.5) is 0 Å². The van der Waals surface area contributed by atoms with Gasteiger partial charge in [0.25, 0.3) is 0 Å². The van der Waals surface area contributed by atoms with Crippen molar-refractivity contribution in [1.29, 1.82) is 0 Å². The fourth-order valence-corrected chi connectivity index (χ4v) is 2.90. The number of hydrogen-bond donors (Lipinski definition) is 1. The summed E-state index contributed by atoms with van der Waals surface area (Å²) in [6.45, 7) is 0. The fraction of sp³-hybridized carbons (Fsp3) is 0.200. The molecule has 0 spiro atoms. The monoisotopic (exact) mass is 344 g/mol. The van der Waals surface area contributed by atoms with Crippen LogP contribution in [0.3, 0.4) is 0 Å². The van der Waals surface area contributed by atoms with Crippen molar-refractivity contribution in [3.63, 3.8) is 0 Å². The fourth-order valence-electron chi connectivity index (χ4n) is 1.94. The average Bonchev–Trinajstić information content (AvgIpc) is 2.42. The number of aliphatic hydroxyl groups excluding tert-OH is 1. The molecule has 0 fully saturated rings. The highest BCUT2D eigenvalue weighted by atomic mass is 35.5. The quantitative estimate of drug-likeness (QED) is 0.920. The van der Waals surface area contributed by atoms with Crippen molar-refractivity contribution >= 4 is 33.0 Å². The first-order valence-electron chi connectivity index (χ1n) is 6.19. The Bertz CT molecular complexity index is 740. The van der Waals surface area contributed by atoms with E-state index in [4.69, 9.17) is 23.2 Å². The summed E-state index contributed by atoms with van der Waals surface area (Å²) in [6, 6.07) is 11.4. The van der Waals surface area contributed by atoms with Gasteiger partial charge in [0.2, 0.25) is 0 Å². The summed E-state index contributed by atoms with van der Waals surface area (Å²) in [5.41, 5.74) is 1.50. The molecule has 1 N–H and O–H groups in total. The lowest BCUT2D eigenvalue weighted by Crippen LogP contribution is -2.03. The summed E-state index contributed by atoms with van der Waals surface area (Å²) in [5.74, 6) is 0. The van der Waals surface area contributed by atoms with Gasteiger partial charge in [-0.05, 0) is 35.4 Å². The maximum absolute atomic E-state index is 11.4. The van der Waals surface area contributed by atoms with E-state index < -0.39 is 15.9 Å². The lowest BCUT2D eigenvalue weighted by molar-refractivity contribution is 0.178. The molecule has 2 aromatic carbocycles. The molecule has 2 aromatic rings. The summed E-state index contributed by atoms with van der Waals surface area (Å²) in [7, 11) is -3.23. The van der Waals surface area contributed by atoms with E-state index in [1.807, 2.05) is 0 Å². The zero-order valence-corrected chi connectivity index (χ0v) is 13.6. The van der Waals surface area contributed by atoms with Gasteiger partial charge >= 0.3 is 0 Å². The highest BCUT2D eigenvalue weighted by Gasteiger charge is 2.12. The van der Waals surface area contributed by atoms with Crippen LogP contribution < -0.4 is 0 Å². The molecule has 21 heavy (non-hydrogen) atoms. The van der Waals surface area contributed by atoms with Gasteiger partial charge in [-0.3, -0.25) is 0 Å². The second kappa shape index (κ2) is 6.36. The molecule has 0 radical (unpaired) electrons. The minimum absolute atomic E-state index is 0.230. The van der Waals surface area contributed by atoms with E-state index in [-0.39, 0.29) is 4.90 Å². The van der Waals surface area contributed by atoms with Crippen molar-refractivity contribution in [2.45, 2.75) is 17.4 Å².